The highest BCUT2D eigenvalue weighted by atomic mass is 16.6. The summed E-state index contributed by atoms with van der Waals surface area (Å²) in [5.41, 5.74) is 7.22. The number of aryl methyl sites for hydroxylation is 1. The number of hydrogen-bond acceptors (Lipinski definition) is 8. The molecule has 218 valence electrons. The fourth-order valence-corrected chi connectivity index (χ4v) is 4.86. The zero-order valence-electron chi connectivity index (χ0n) is 23.5. The molecule has 1 aliphatic heterocycles. The third-order valence-corrected chi connectivity index (χ3v) is 7.62. The number of esters is 2. The molecule has 10 heteroatoms. The van der Waals surface area contributed by atoms with Gasteiger partial charge in [-0.05, 0) is 24.0 Å². The van der Waals surface area contributed by atoms with Crippen LogP contribution in [-0.4, -0.2) is 46.3 Å². The van der Waals surface area contributed by atoms with E-state index in [-0.39, 0.29) is 31.3 Å². The Bertz CT molecular complexity index is 1400. The molecule has 1 fully saturated rings. The van der Waals surface area contributed by atoms with Crippen LogP contribution in [0.25, 0.3) is 0 Å². The van der Waals surface area contributed by atoms with Crippen LogP contribution in [0, 0.1) is 12.8 Å². The smallest absolute Gasteiger partial charge is 0.330 e. The quantitative estimate of drug-likeness (QED) is 0.339. The lowest BCUT2D eigenvalue weighted by Crippen LogP contribution is -2.42. The SMILES string of the molecule is CC[C@H](C)[C@H](N)C(=O)O[C@H]1C[C@H](n2cc(C)c(=O)[nH]c2=O)O[C@@H]1COC(=O)CC(c1ccccc1)c1ccccc1. The molecule has 1 aliphatic rings. The molecule has 1 aromatic heterocycles. The fraction of sp³-hybridized carbons (Fsp3) is 0.419. The molecule has 2 heterocycles. The van der Waals surface area contributed by atoms with E-state index in [0.717, 1.165) is 11.1 Å². The molecule has 0 radical (unpaired) electrons. The number of hydrogen-bond donors (Lipinski definition) is 2. The summed E-state index contributed by atoms with van der Waals surface area (Å²) >= 11 is 0. The van der Waals surface area contributed by atoms with Crippen LogP contribution in [0.15, 0.2) is 76.4 Å². The van der Waals surface area contributed by atoms with E-state index < -0.39 is 47.7 Å². The number of benzene rings is 2. The number of aromatic nitrogens is 2. The van der Waals surface area contributed by atoms with Crippen LogP contribution < -0.4 is 17.0 Å². The molecule has 0 unspecified atom stereocenters. The first-order chi connectivity index (χ1) is 19.7. The van der Waals surface area contributed by atoms with E-state index in [4.69, 9.17) is 19.9 Å². The van der Waals surface area contributed by atoms with Crippen LogP contribution in [0.2, 0.25) is 0 Å². The lowest BCUT2D eigenvalue weighted by Gasteiger charge is -2.23. The Kier molecular flexibility index (Phi) is 9.91. The van der Waals surface area contributed by atoms with Crippen LogP contribution in [-0.2, 0) is 23.8 Å². The van der Waals surface area contributed by atoms with Crippen LogP contribution >= 0.6 is 0 Å². The third-order valence-electron chi connectivity index (χ3n) is 7.62. The van der Waals surface area contributed by atoms with Crippen molar-refractivity contribution in [2.24, 2.45) is 11.7 Å². The highest BCUT2D eigenvalue weighted by Gasteiger charge is 2.41. The van der Waals surface area contributed by atoms with Gasteiger partial charge >= 0.3 is 17.6 Å². The van der Waals surface area contributed by atoms with Gasteiger partial charge in [0.05, 0.1) is 6.42 Å². The van der Waals surface area contributed by atoms with Crippen LogP contribution in [0.4, 0.5) is 0 Å². The van der Waals surface area contributed by atoms with Gasteiger partial charge in [0.15, 0.2) is 0 Å². The molecular weight excluding hydrogens is 526 g/mol. The normalized spacial score (nSPS) is 20.0. The average molecular weight is 564 g/mol. The molecular formula is C31H37N3O7. The number of H-pyrrole nitrogens is 1. The fourth-order valence-electron chi connectivity index (χ4n) is 4.86. The predicted molar refractivity (Wildman–Crippen MR) is 152 cm³/mol. The van der Waals surface area contributed by atoms with Crippen molar-refractivity contribution in [3.05, 3.63) is 104 Å². The van der Waals surface area contributed by atoms with E-state index in [0.29, 0.717) is 12.0 Å². The minimum Gasteiger partial charge on any atom is -0.463 e. The van der Waals surface area contributed by atoms with Gasteiger partial charge in [0.2, 0.25) is 0 Å². The first-order valence-corrected chi connectivity index (χ1v) is 13.9. The first-order valence-electron chi connectivity index (χ1n) is 13.9. The van der Waals surface area contributed by atoms with Gasteiger partial charge in [-0.2, -0.15) is 0 Å². The number of nitrogens with zero attached hydrogens (tertiary/aromatic N) is 1. The monoisotopic (exact) mass is 563 g/mol. The number of nitrogens with two attached hydrogens (primary N) is 1. The number of rotatable bonds is 11. The number of aromatic amines is 1. The summed E-state index contributed by atoms with van der Waals surface area (Å²) < 4.78 is 18.7. The van der Waals surface area contributed by atoms with Crippen molar-refractivity contribution in [1.29, 1.82) is 0 Å². The average Bonchev–Trinajstić information content (AvgIpc) is 3.38. The lowest BCUT2D eigenvalue weighted by molar-refractivity contribution is -0.160. The van der Waals surface area contributed by atoms with Gasteiger partial charge < -0.3 is 19.9 Å². The summed E-state index contributed by atoms with van der Waals surface area (Å²) in [7, 11) is 0. The van der Waals surface area contributed by atoms with E-state index in [1.165, 1.54) is 10.8 Å². The molecule has 2 aromatic carbocycles. The van der Waals surface area contributed by atoms with Crippen molar-refractivity contribution >= 4 is 11.9 Å². The summed E-state index contributed by atoms with van der Waals surface area (Å²) in [6.07, 6.45) is -0.224. The molecule has 0 spiro atoms. The van der Waals surface area contributed by atoms with Crippen molar-refractivity contribution in [3.63, 3.8) is 0 Å². The predicted octanol–water partition coefficient (Wildman–Crippen LogP) is 3.18. The van der Waals surface area contributed by atoms with Gasteiger partial charge in [0.1, 0.15) is 31.1 Å². The maximum atomic E-state index is 13.1. The topological polar surface area (TPSA) is 143 Å². The van der Waals surface area contributed by atoms with Crippen LogP contribution in [0.5, 0.6) is 0 Å². The Morgan fingerprint density at radius 2 is 1.68 bits per heavy atom. The second-order valence-corrected chi connectivity index (χ2v) is 10.5. The Labute approximate surface area is 238 Å². The van der Waals surface area contributed by atoms with E-state index in [1.54, 1.807) is 6.92 Å². The molecule has 3 N–H and O–H groups in total. The second-order valence-electron chi connectivity index (χ2n) is 10.5. The number of carbonyl (C=O) groups excluding carboxylic acids is 2. The van der Waals surface area contributed by atoms with Crippen molar-refractivity contribution < 1.29 is 23.8 Å². The highest BCUT2D eigenvalue weighted by molar-refractivity contribution is 5.76. The molecule has 0 saturated carbocycles. The largest absolute Gasteiger partial charge is 0.463 e. The van der Waals surface area contributed by atoms with Gasteiger partial charge in [-0.15, -0.1) is 0 Å². The maximum absolute atomic E-state index is 13.1. The first kappa shape index (κ1) is 30.0. The number of carbonyl (C=O) groups is 2. The van der Waals surface area contributed by atoms with E-state index in [2.05, 4.69) is 4.98 Å². The van der Waals surface area contributed by atoms with Gasteiger partial charge in [-0.25, -0.2) is 4.79 Å². The van der Waals surface area contributed by atoms with Gasteiger partial charge in [-0.3, -0.25) is 23.9 Å². The van der Waals surface area contributed by atoms with Gasteiger partial charge in [-0.1, -0.05) is 80.9 Å². The standard InChI is InChI=1S/C31H37N3O7/c1-4-19(2)28(32)30(37)41-24-16-26(34-17-20(3)29(36)33-31(34)38)40-25(24)18-39-27(35)15-23(21-11-7-5-8-12-21)22-13-9-6-10-14-22/h5-14,17,19,23-26,28H,4,15-16,18,32H2,1-3H3,(H,33,36,38)/t19-,24-,25+,26+,28-/m0/s1. The van der Waals surface area contributed by atoms with Gasteiger partial charge in [0.25, 0.3) is 5.56 Å². The minimum atomic E-state index is -0.847. The van der Waals surface area contributed by atoms with E-state index in [9.17, 15) is 19.2 Å². The molecule has 3 aromatic rings. The van der Waals surface area contributed by atoms with Crippen LogP contribution in [0.3, 0.4) is 0 Å². The number of ether oxygens (including phenoxy) is 3. The van der Waals surface area contributed by atoms with Crippen LogP contribution in [0.1, 0.15) is 61.9 Å². The molecule has 0 aliphatic carbocycles. The molecule has 1 saturated heterocycles. The van der Waals surface area contributed by atoms with Crippen molar-refractivity contribution in [1.82, 2.24) is 9.55 Å². The van der Waals surface area contributed by atoms with Crippen molar-refractivity contribution in [2.45, 2.75) is 70.4 Å². The summed E-state index contributed by atoms with van der Waals surface area (Å²) in [4.78, 5) is 52.6. The van der Waals surface area contributed by atoms with Crippen molar-refractivity contribution in [2.75, 3.05) is 6.61 Å². The molecule has 10 nitrogen and oxygen atoms in total. The minimum absolute atomic E-state index is 0.0894. The van der Waals surface area contributed by atoms with Gasteiger partial charge in [0, 0.05) is 24.1 Å². The Hall–Kier alpha value is -4.02. The highest BCUT2D eigenvalue weighted by Crippen LogP contribution is 2.32. The zero-order chi connectivity index (χ0) is 29.5. The summed E-state index contributed by atoms with van der Waals surface area (Å²) in [6.45, 7) is 5.16. The molecule has 41 heavy (non-hydrogen) atoms. The van der Waals surface area contributed by atoms with E-state index >= 15 is 0 Å². The summed E-state index contributed by atoms with van der Waals surface area (Å²) in [5.74, 6) is -1.36. The molecule has 5 atom stereocenters. The molecule has 4 rings (SSSR count). The third kappa shape index (κ3) is 7.39. The summed E-state index contributed by atoms with van der Waals surface area (Å²) in [6, 6.07) is 18.6. The Balaban J connectivity index is 1.50. The van der Waals surface area contributed by atoms with E-state index in [1.807, 2.05) is 74.5 Å². The lowest BCUT2D eigenvalue weighted by atomic mass is 9.89. The summed E-state index contributed by atoms with van der Waals surface area (Å²) in [5, 5.41) is 0. The zero-order valence-corrected chi connectivity index (χ0v) is 23.5. The Morgan fingerprint density at radius 3 is 2.27 bits per heavy atom. The molecule has 0 amide bonds. The Morgan fingerprint density at radius 1 is 1.07 bits per heavy atom. The number of nitrogens with one attached hydrogen (secondary N) is 1. The second kappa shape index (κ2) is 13.6. The maximum Gasteiger partial charge on any atom is 0.330 e. The van der Waals surface area contributed by atoms with Crippen molar-refractivity contribution in [3.8, 4) is 0 Å². The molecule has 0 bridgehead atoms.